The van der Waals surface area contributed by atoms with Gasteiger partial charge in [-0.25, -0.2) is 0 Å². The van der Waals surface area contributed by atoms with Gasteiger partial charge < -0.3 is 14.2 Å². The molecule has 0 spiro atoms. The SMILES string of the molecule is CC(=O)N1CCN(C(=O)c2ccc(-c3nnc(-c4ccccc4C)o3)cc2)CC1. The van der Waals surface area contributed by atoms with Gasteiger partial charge in [0.2, 0.25) is 17.7 Å². The summed E-state index contributed by atoms with van der Waals surface area (Å²) in [6.07, 6.45) is 0. The van der Waals surface area contributed by atoms with Crippen molar-refractivity contribution in [3.63, 3.8) is 0 Å². The van der Waals surface area contributed by atoms with E-state index in [1.807, 2.05) is 43.3 Å². The van der Waals surface area contributed by atoms with Crippen LogP contribution in [0.1, 0.15) is 22.8 Å². The molecule has 0 aliphatic carbocycles. The zero-order chi connectivity index (χ0) is 20.4. The molecule has 1 aromatic heterocycles. The Kier molecular flexibility index (Phi) is 5.12. The first-order valence-corrected chi connectivity index (χ1v) is 9.57. The summed E-state index contributed by atoms with van der Waals surface area (Å²) in [4.78, 5) is 27.7. The molecule has 4 rings (SSSR count). The highest BCUT2D eigenvalue weighted by Crippen LogP contribution is 2.26. The molecule has 1 aliphatic heterocycles. The zero-order valence-corrected chi connectivity index (χ0v) is 16.5. The Hall–Kier alpha value is -3.48. The Bertz CT molecular complexity index is 1030. The Balaban J connectivity index is 1.47. The number of aryl methyl sites for hydroxylation is 1. The molecule has 2 amide bonds. The van der Waals surface area contributed by atoms with Gasteiger partial charge in [0.25, 0.3) is 5.91 Å². The number of carbonyl (C=O) groups excluding carboxylic acids is 2. The summed E-state index contributed by atoms with van der Waals surface area (Å²) in [5.74, 6) is 0.899. The second-order valence-electron chi connectivity index (χ2n) is 7.10. The smallest absolute Gasteiger partial charge is 0.253 e. The molecule has 0 unspecified atom stereocenters. The molecule has 0 bridgehead atoms. The molecule has 29 heavy (non-hydrogen) atoms. The first kappa shape index (κ1) is 18.9. The van der Waals surface area contributed by atoms with Crippen LogP contribution < -0.4 is 0 Å². The summed E-state index contributed by atoms with van der Waals surface area (Å²) in [7, 11) is 0. The van der Waals surface area contributed by atoms with Gasteiger partial charge in [0, 0.05) is 49.8 Å². The van der Waals surface area contributed by atoms with Crippen LogP contribution in [0.2, 0.25) is 0 Å². The van der Waals surface area contributed by atoms with E-state index in [2.05, 4.69) is 10.2 Å². The van der Waals surface area contributed by atoms with E-state index in [-0.39, 0.29) is 11.8 Å². The topological polar surface area (TPSA) is 79.5 Å². The van der Waals surface area contributed by atoms with E-state index in [9.17, 15) is 9.59 Å². The molecule has 1 saturated heterocycles. The van der Waals surface area contributed by atoms with Crippen LogP contribution in [0, 0.1) is 6.92 Å². The van der Waals surface area contributed by atoms with Crippen LogP contribution in [-0.2, 0) is 4.79 Å². The number of carbonyl (C=O) groups is 2. The van der Waals surface area contributed by atoms with Crippen LogP contribution >= 0.6 is 0 Å². The highest BCUT2D eigenvalue weighted by Gasteiger charge is 2.23. The maximum atomic E-state index is 12.7. The summed E-state index contributed by atoms with van der Waals surface area (Å²) in [5, 5.41) is 8.30. The van der Waals surface area contributed by atoms with Gasteiger partial charge in [0.1, 0.15) is 0 Å². The monoisotopic (exact) mass is 390 g/mol. The van der Waals surface area contributed by atoms with Gasteiger partial charge in [-0.15, -0.1) is 10.2 Å². The molecule has 3 aromatic rings. The number of hydrogen-bond acceptors (Lipinski definition) is 5. The fourth-order valence-corrected chi connectivity index (χ4v) is 3.42. The number of hydrogen-bond donors (Lipinski definition) is 0. The van der Waals surface area contributed by atoms with Crippen LogP contribution in [-0.4, -0.2) is 58.0 Å². The average molecular weight is 390 g/mol. The number of piperazine rings is 1. The molecule has 7 heteroatoms. The first-order valence-electron chi connectivity index (χ1n) is 9.57. The fraction of sp³-hybridized carbons (Fsp3) is 0.273. The predicted octanol–water partition coefficient (Wildman–Crippen LogP) is 3.02. The minimum Gasteiger partial charge on any atom is -0.416 e. The van der Waals surface area contributed by atoms with Crippen molar-refractivity contribution in [3.8, 4) is 22.9 Å². The van der Waals surface area contributed by atoms with Gasteiger partial charge in [-0.1, -0.05) is 18.2 Å². The van der Waals surface area contributed by atoms with E-state index in [0.717, 1.165) is 16.7 Å². The van der Waals surface area contributed by atoms with E-state index in [1.54, 1.807) is 28.9 Å². The van der Waals surface area contributed by atoms with Crippen molar-refractivity contribution in [1.29, 1.82) is 0 Å². The van der Waals surface area contributed by atoms with E-state index < -0.39 is 0 Å². The number of amides is 2. The van der Waals surface area contributed by atoms with Crippen molar-refractivity contribution in [1.82, 2.24) is 20.0 Å². The van der Waals surface area contributed by atoms with Gasteiger partial charge in [-0.2, -0.15) is 0 Å². The highest BCUT2D eigenvalue weighted by atomic mass is 16.4. The quantitative estimate of drug-likeness (QED) is 0.687. The third-order valence-electron chi connectivity index (χ3n) is 5.19. The second kappa shape index (κ2) is 7.87. The number of rotatable bonds is 3. The first-order chi connectivity index (χ1) is 14.0. The van der Waals surface area contributed by atoms with Crippen LogP contribution in [0.15, 0.2) is 52.9 Å². The van der Waals surface area contributed by atoms with E-state index in [1.165, 1.54) is 0 Å². The lowest BCUT2D eigenvalue weighted by molar-refractivity contribution is -0.130. The lowest BCUT2D eigenvalue weighted by Crippen LogP contribution is -2.50. The van der Waals surface area contributed by atoms with E-state index >= 15 is 0 Å². The van der Waals surface area contributed by atoms with Crippen LogP contribution in [0.4, 0.5) is 0 Å². The van der Waals surface area contributed by atoms with Crippen molar-refractivity contribution in [2.75, 3.05) is 26.2 Å². The van der Waals surface area contributed by atoms with Crippen LogP contribution in [0.25, 0.3) is 22.9 Å². The van der Waals surface area contributed by atoms with Crippen molar-refractivity contribution in [3.05, 3.63) is 59.7 Å². The second-order valence-corrected chi connectivity index (χ2v) is 7.10. The summed E-state index contributed by atoms with van der Waals surface area (Å²) < 4.78 is 5.83. The molecule has 148 valence electrons. The Morgan fingerprint density at radius 2 is 1.48 bits per heavy atom. The summed E-state index contributed by atoms with van der Waals surface area (Å²) in [6.45, 7) is 5.78. The maximum Gasteiger partial charge on any atom is 0.253 e. The molecule has 1 aliphatic rings. The molecule has 2 aromatic carbocycles. The maximum absolute atomic E-state index is 12.7. The Morgan fingerprint density at radius 3 is 2.14 bits per heavy atom. The van der Waals surface area contributed by atoms with Gasteiger partial charge in [0.05, 0.1) is 0 Å². The van der Waals surface area contributed by atoms with Crippen molar-refractivity contribution in [2.45, 2.75) is 13.8 Å². The zero-order valence-electron chi connectivity index (χ0n) is 16.5. The fourth-order valence-electron chi connectivity index (χ4n) is 3.42. The predicted molar refractivity (Wildman–Crippen MR) is 108 cm³/mol. The Morgan fingerprint density at radius 1 is 0.862 bits per heavy atom. The number of aromatic nitrogens is 2. The van der Waals surface area contributed by atoms with Crippen molar-refractivity contribution < 1.29 is 14.0 Å². The summed E-state index contributed by atoms with van der Waals surface area (Å²) in [6, 6.07) is 15.0. The van der Waals surface area contributed by atoms with E-state index in [4.69, 9.17) is 4.42 Å². The minimum absolute atomic E-state index is 0.0362. The molecule has 1 fully saturated rings. The summed E-state index contributed by atoms with van der Waals surface area (Å²) >= 11 is 0. The lowest BCUT2D eigenvalue weighted by Gasteiger charge is -2.34. The molecule has 2 heterocycles. The molecule has 0 saturated carbocycles. The molecule has 0 atom stereocenters. The summed E-state index contributed by atoms with van der Waals surface area (Å²) in [5.41, 5.74) is 3.33. The van der Waals surface area contributed by atoms with E-state index in [0.29, 0.717) is 43.5 Å². The highest BCUT2D eigenvalue weighted by molar-refractivity contribution is 5.94. The average Bonchev–Trinajstić information content (AvgIpc) is 3.24. The molecule has 0 N–H and O–H groups in total. The third kappa shape index (κ3) is 3.89. The normalized spacial score (nSPS) is 14.1. The largest absolute Gasteiger partial charge is 0.416 e. The van der Waals surface area contributed by atoms with Crippen molar-refractivity contribution in [2.24, 2.45) is 0 Å². The molecule has 0 radical (unpaired) electrons. The minimum atomic E-state index is -0.0362. The third-order valence-corrected chi connectivity index (χ3v) is 5.19. The van der Waals surface area contributed by atoms with Gasteiger partial charge in [-0.05, 0) is 42.8 Å². The van der Waals surface area contributed by atoms with Gasteiger partial charge in [0.15, 0.2) is 0 Å². The number of nitrogens with zero attached hydrogens (tertiary/aromatic N) is 4. The van der Waals surface area contributed by atoms with Crippen LogP contribution in [0.5, 0.6) is 0 Å². The standard InChI is InChI=1S/C22H22N4O3/c1-15-5-3-4-6-19(15)21-24-23-20(29-21)17-7-9-18(10-8-17)22(28)26-13-11-25(12-14-26)16(2)27/h3-10H,11-14H2,1-2H3. The molecular formula is C22H22N4O3. The number of benzene rings is 2. The molecule has 7 nitrogen and oxygen atoms in total. The Labute approximate surface area is 169 Å². The van der Waals surface area contributed by atoms with Gasteiger partial charge >= 0.3 is 0 Å². The van der Waals surface area contributed by atoms with Crippen LogP contribution in [0.3, 0.4) is 0 Å². The molecular weight excluding hydrogens is 368 g/mol. The van der Waals surface area contributed by atoms with Crippen molar-refractivity contribution >= 4 is 11.8 Å². The van der Waals surface area contributed by atoms with Gasteiger partial charge in [-0.3, -0.25) is 9.59 Å². The lowest BCUT2D eigenvalue weighted by atomic mass is 10.1.